The summed E-state index contributed by atoms with van der Waals surface area (Å²) in [5.74, 6) is 1.45. The van der Waals surface area contributed by atoms with Crippen LogP contribution in [0.1, 0.15) is 37.1 Å². The van der Waals surface area contributed by atoms with Crippen molar-refractivity contribution in [3.63, 3.8) is 0 Å². The second-order valence-corrected chi connectivity index (χ2v) is 6.79. The van der Waals surface area contributed by atoms with E-state index in [9.17, 15) is 0 Å². The zero-order chi connectivity index (χ0) is 17.6. The number of anilines is 2. The van der Waals surface area contributed by atoms with Crippen molar-refractivity contribution in [1.82, 2.24) is 15.0 Å². The van der Waals surface area contributed by atoms with Crippen molar-refractivity contribution in [2.24, 2.45) is 0 Å². The van der Waals surface area contributed by atoms with Gasteiger partial charge in [-0.3, -0.25) is 0 Å². The Hall–Kier alpha value is -2.60. The van der Waals surface area contributed by atoms with Gasteiger partial charge in [-0.1, -0.05) is 26.3 Å². The molecule has 3 aromatic rings. The molecule has 0 aliphatic carbocycles. The second kappa shape index (κ2) is 7.98. The molecule has 0 amide bonds. The van der Waals surface area contributed by atoms with E-state index < -0.39 is 0 Å². The lowest BCUT2D eigenvalue weighted by Crippen LogP contribution is -2.01. The molecular weight excluding hydrogens is 330 g/mol. The smallest absolute Gasteiger partial charge is 0.142 e. The Labute approximate surface area is 151 Å². The number of aromatic nitrogens is 3. The normalized spacial score (nSPS) is 10.6. The molecule has 0 unspecified atom stereocenters. The molecule has 6 heteroatoms. The molecule has 0 aliphatic rings. The molecule has 0 spiro atoms. The van der Waals surface area contributed by atoms with Gasteiger partial charge in [0.25, 0.3) is 0 Å². The molecule has 0 saturated carbocycles. The van der Waals surface area contributed by atoms with Crippen LogP contribution in [-0.2, 0) is 6.42 Å². The minimum atomic E-state index is 0.622. The second-order valence-electron chi connectivity index (χ2n) is 5.68. The Bertz CT molecular complexity index is 854. The molecule has 128 valence electrons. The van der Waals surface area contributed by atoms with Crippen LogP contribution in [0.2, 0.25) is 0 Å². The molecule has 3 heterocycles. The molecule has 0 fully saturated rings. The van der Waals surface area contributed by atoms with Gasteiger partial charge in [-0.15, -0.1) is 11.3 Å². The Morgan fingerprint density at radius 1 is 1.08 bits per heavy atom. The summed E-state index contributed by atoms with van der Waals surface area (Å²) >= 11 is 1.67. The fourth-order valence-electron chi connectivity index (χ4n) is 2.38. The lowest BCUT2D eigenvalue weighted by atomic mass is 10.1. The summed E-state index contributed by atoms with van der Waals surface area (Å²) in [6.45, 7) is 4.20. The van der Waals surface area contributed by atoms with Crippen LogP contribution < -0.4 is 5.32 Å². The topological polar surface area (TPSA) is 74.6 Å². The van der Waals surface area contributed by atoms with E-state index >= 15 is 0 Å². The van der Waals surface area contributed by atoms with E-state index in [4.69, 9.17) is 5.41 Å². The Morgan fingerprint density at radius 2 is 1.96 bits per heavy atom. The van der Waals surface area contributed by atoms with Crippen molar-refractivity contribution in [2.45, 2.75) is 33.1 Å². The predicted molar refractivity (Wildman–Crippen MR) is 104 cm³/mol. The van der Waals surface area contributed by atoms with Crippen molar-refractivity contribution < 1.29 is 0 Å². The van der Waals surface area contributed by atoms with Gasteiger partial charge in [-0.25, -0.2) is 15.0 Å². The van der Waals surface area contributed by atoms with Gasteiger partial charge in [0, 0.05) is 28.5 Å². The lowest BCUT2D eigenvalue weighted by Gasteiger charge is -2.07. The number of nitrogens with one attached hydrogen (secondary N) is 2. The highest BCUT2D eigenvalue weighted by molar-refractivity contribution is 7.14. The van der Waals surface area contributed by atoms with Crippen LogP contribution in [0.4, 0.5) is 11.6 Å². The average Bonchev–Trinajstić information content (AvgIpc) is 3.12. The van der Waals surface area contributed by atoms with E-state index in [1.54, 1.807) is 17.5 Å². The summed E-state index contributed by atoms with van der Waals surface area (Å²) in [4.78, 5) is 14.7. The Kier molecular flexibility index (Phi) is 5.50. The van der Waals surface area contributed by atoms with E-state index in [1.807, 2.05) is 36.5 Å². The van der Waals surface area contributed by atoms with Crippen LogP contribution in [0.15, 0.2) is 42.7 Å². The number of rotatable bonds is 7. The molecule has 5 nitrogen and oxygen atoms in total. The molecule has 25 heavy (non-hydrogen) atoms. The maximum atomic E-state index is 7.98. The van der Waals surface area contributed by atoms with Crippen molar-refractivity contribution in [1.29, 1.82) is 5.41 Å². The minimum absolute atomic E-state index is 0.622. The third-order valence-corrected chi connectivity index (χ3v) is 4.90. The number of pyridine rings is 2. The van der Waals surface area contributed by atoms with E-state index in [0.717, 1.165) is 41.3 Å². The van der Waals surface area contributed by atoms with Gasteiger partial charge in [0.15, 0.2) is 0 Å². The Morgan fingerprint density at radius 3 is 2.64 bits per heavy atom. The molecule has 0 bridgehead atoms. The van der Waals surface area contributed by atoms with Gasteiger partial charge in [-0.2, -0.15) is 0 Å². The molecular formula is C19H21N5S. The van der Waals surface area contributed by atoms with Gasteiger partial charge in [0.2, 0.25) is 0 Å². The highest BCUT2D eigenvalue weighted by Crippen LogP contribution is 2.25. The summed E-state index contributed by atoms with van der Waals surface area (Å²) in [6.07, 6.45) is 6.36. The lowest BCUT2D eigenvalue weighted by molar-refractivity contribution is 0.985. The van der Waals surface area contributed by atoms with E-state index in [0.29, 0.717) is 11.5 Å². The fourth-order valence-corrected chi connectivity index (χ4v) is 3.21. The van der Waals surface area contributed by atoms with Crippen molar-refractivity contribution >= 4 is 28.7 Å². The molecule has 0 atom stereocenters. The summed E-state index contributed by atoms with van der Waals surface area (Å²) in [6, 6.07) is 9.64. The van der Waals surface area contributed by atoms with Crippen LogP contribution in [0, 0.1) is 5.41 Å². The standard InChI is InChI=1S/C19H21N5S/c1-3-6-15(20)13-9-10-17(21-11-13)24-18-8-5-7-16(23-18)19-22-12-14(4-2)25-19/h5,7-12,20H,3-4,6H2,1-2H3,(H,21,23,24). The highest BCUT2D eigenvalue weighted by Gasteiger charge is 2.07. The zero-order valence-electron chi connectivity index (χ0n) is 14.4. The van der Waals surface area contributed by atoms with Gasteiger partial charge in [0.05, 0.1) is 0 Å². The first kappa shape index (κ1) is 17.2. The van der Waals surface area contributed by atoms with E-state index in [1.165, 1.54) is 4.88 Å². The molecule has 3 aromatic heterocycles. The van der Waals surface area contributed by atoms with Crippen LogP contribution in [0.3, 0.4) is 0 Å². The van der Waals surface area contributed by atoms with Crippen LogP contribution >= 0.6 is 11.3 Å². The molecule has 0 aromatic carbocycles. The maximum absolute atomic E-state index is 7.98. The number of hydrogen-bond donors (Lipinski definition) is 2. The Balaban J connectivity index is 1.74. The predicted octanol–water partition coefficient (Wildman–Crippen LogP) is 5.07. The third-order valence-electron chi connectivity index (χ3n) is 3.74. The van der Waals surface area contributed by atoms with E-state index in [2.05, 4.69) is 34.1 Å². The van der Waals surface area contributed by atoms with E-state index in [-0.39, 0.29) is 0 Å². The van der Waals surface area contributed by atoms with Crippen molar-refractivity contribution in [2.75, 3.05) is 5.32 Å². The monoisotopic (exact) mass is 351 g/mol. The van der Waals surface area contributed by atoms with Gasteiger partial charge >= 0.3 is 0 Å². The molecule has 0 saturated heterocycles. The number of aryl methyl sites for hydroxylation is 1. The van der Waals surface area contributed by atoms with Gasteiger partial charge < -0.3 is 10.7 Å². The fraction of sp³-hybridized carbons (Fsp3) is 0.263. The number of thiazole rings is 1. The van der Waals surface area contributed by atoms with Crippen molar-refractivity contribution in [3.8, 4) is 10.7 Å². The van der Waals surface area contributed by atoms with Gasteiger partial charge in [0.1, 0.15) is 22.3 Å². The largest absolute Gasteiger partial charge is 0.325 e. The van der Waals surface area contributed by atoms with Crippen molar-refractivity contribution in [3.05, 3.63) is 53.2 Å². The third kappa shape index (κ3) is 4.28. The minimum Gasteiger partial charge on any atom is -0.325 e. The first-order chi connectivity index (χ1) is 12.2. The molecule has 0 radical (unpaired) electrons. The summed E-state index contributed by atoms with van der Waals surface area (Å²) in [7, 11) is 0. The highest BCUT2D eigenvalue weighted by atomic mass is 32.1. The van der Waals surface area contributed by atoms with Crippen LogP contribution in [0.25, 0.3) is 10.7 Å². The first-order valence-electron chi connectivity index (χ1n) is 8.42. The summed E-state index contributed by atoms with van der Waals surface area (Å²) < 4.78 is 0. The molecule has 0 aliphatic heterocycles. The van der Waals surface area contributed by atoms with Gasteiger partial charge in [-0.05, 0) is 37.1 Å². The zero-order valence-corrected chi connectivity index (χ0v) is 15.2. The molecule has 3 rings (SSSR count). The average molecular weight is 351 g/mol. The quantitative estimate of drug-likeness (QED) is 0.583. The number of hydrogen-bond acceptors (Lipinski definition) is 6. The van der Waals surface area contributed by atoms with Crippen LogP contribution in [-0.4, -0.2) is 20.7 Å². The first-order valence-corrected chi connectivity index (χ1v) is 9.24. The summed E-state index contributed by atoms with van der Waals surface area (Å²) in [5.41, 5.74) is 2.34. The maximum Gasteiger partial charge on any atom is 0.142 e. The SMILES string of the molecule is CCCC(=N)c1ccc(Nc2cccc(-c3ncc(CC)s3)n2)nc1. The molecule has 2 N–H and O–H groups in total. The summed E-state index contributed by atoms with van der Waals surface area (Å²) in [5, 5.41) is 12.1. The number of nitrogens with zero attached hydrogens (tertiary/aromatic N) is 3. The van der Waals surface area contributed by atoms with Crippen LogP contribution in [0.5, 0.6) is 0 Å².